The molecule has 96 valence electrons. The molecule has 4 nitrogen and oxygen atoms in total. The summed E-state index contributed by atoms with van der Waals surface area (Å²) >= 11 is 3.29. The first-order valence-electron chi connectivity index (χ1n) is 5.84. The molecule has 1 heterocycles. The van der Waals surface area contributed by atoms with E-state index in [2.05, 4.69) is 15.9 Å². The molecule has 1 aliphatic heterocycles. The van der Waals surface area contributed by atoms with Crippen LogP contribution in [0.25, 0.3) is 0 Å². The predicted molar refractivity (Wildman–Crippen MR) is 70.4 cm³/mol. The normalized spacial score (nSPS) is 16.1. The molecule has 1 N–H and O–H groups in total. The summed E-state index contributed by atoms with van der Waals surface area (Å²) in [6, 6.07) is 5.09. The fourth-order valence-electron chi connectivity index (χ4n) is 2.01. The lowest BCUT2D eigenvalue weighted by atomic mass is 10.1. The molecule has 0 fully saturated rings. The third kappa shape index (κ3) is 2.47. The van der Waals surface area contributed by atoms with E-state index < -0.39 is 6.10 Å². The largest absolute Gasteiger partial charge is 0.393 e. The lowest BCUT2D eigenvalue weighted by Crippen LogP contribution is -2.31. The summed E-state index contributed by atoms with van der Waals surface area (Å²) < 4.78 is 0.785. The van der Waals surface area contributed by atoms with Crippen LogP contribution in [-0.2, 0) is 0 Å². The minimum absolute atomic E-state index is 0.243. The zero-order valence-corrected chi connectivity index (χ0v) is 11.6. The van der Waals surface area contributed by atoms with Gasteiger partial charge in [-0.15, -0.1) is 0 Å². The number of aliphatic hydroxyl groups is 1. The minimum atomic E-state index is -0.408. The highest BCUT2D eigenvalue weighted by molar-refractivity contribution is 9.10. The smallest absolute Gasteiger partial charge is 0.261 e. The van der Waals surface area contributed by atoms with Gasteiger partial charge in [0.15, 0.2) is 0 Å². The zero-order chi connectivity index (χ0) is 13.3. The summed E-state index contributed by atoms with van der Waals surface area (Å²) in [5.41, 5.74) is 0.909. The Morgan fingerprint density at radius 3 is 2.61 bits per heavy atom. The quantitative estimate of drug-likeness (QED) is 0.867. The number of carbonyl (C=O) groups excluding carboxylic acids is 2. The van der Waals surface area contributed by atoms with Crippen molar-refractivity contribution >= 4 is 27.7 Å². The molecule has 0 bridgehead atoms. The fourth-order valence-corrected chi connectivity index (χ4v) is 2.37. The SMILES string of the molecule is CC(O)CCCN1C(=O)c2ccc(Br)cc2C1=O. The van der Waals surface area contributed by atoms with E-state index in [1.54, 1.807) is 25.1 Å². The van der Waals surface area contributed by atoms with Crippen LogP contribution < -0.4 is 0 Å². The number of imide groups is 1. The molecule has 18 heavy (non-hydrogen) atoms. The second-order valence-electron chi connectivity index (χ2n) is 4.44. The molecular formula is C13H14BrNO3. The lowest BCUT2D eigenvalue weighted by Gasteiger charge is -2.13. The highest BCUT2D eigenvalue weighted by Crippen LogP contribution is 2.26. The zero-order valence-electron chi connectivity index (χ0n) is 10.0. The average molecular weight is 312 g/mol. The maximum atomic E-state index is 12.1. The molecule has 0 spiro atoms. The third-order valence-corrected chi connectivity index (χ3v) is 3.43. The Bertz CT molecular complexity index is 499. The summed E-state index contributed by atoms with van der Waals surface area (Å²) in [5, 5.41) is 9.17. The molecule has 0 saturated heterocycles. The van der Waals surface area contributed by atoms with Crippen LogP contribution in [0.1, 0.15) is 40.5 Å². The van der Waals surface area contributed by atoms with Crippen LogP contribution in [0.5, 0.6) is 0 Å². The van der Waals surface area contributed by atoms with E-state index in [4.69, 9.17) is 0 Å². The summed E-state index contributed by atoms with van der Waals surface area (Å²) in [4.78, 5) is 25.3. The Labute approximate surface area is 114 Å². The molecule has 1 aromatic carbocycles. The second kappa shape index (κ2) is 5.20. The molecule has 1 aliphatic rings. The van der Waals surface area contributed by atoms with Crippen LogP contribution >= 0.6 is 15.9 Å². The topological polar surface area (TPSA) is 57.6 Å². The van der Waals surface area contributed by atoms with E-state index in [9.17, 15) is 14.7 Å². The van der Waals surface area contributed by atoms with Gasteiger partial charge in [0.2, 0.25) is 0 Å². The number of fused-ring (bicyclic) bond motifs is 1. The van der Waals surface area contributed by atoms with Crippen molar-refractivity contribution in [3.05, 3.63) is 33.8 Å². The van der Waals surface area contributed by atoms with Gasteiger partial charge in [0.05, 0.1) is 17.2 Å². The number of amides is 2. The van der Waals surface area contributed by atoms with Crippen molar-refractivity contribution in [1.29, 1.82) is 0 Å². The van der Waals surface area contributed by atoms with E-state index in [0.717, 1.165) is 4.47 Å². The number of hydrogen-bond donors (Lipinski definition) is 1. The van der Waals surface area contributed by atoms with Crippen LogP contribution in [0.15, 0.2) is 22.7 Å². The van der Waals surface area contributed by atoms with Gasteiger partial charge < -0.3 is 5.11 Å². The number of nitrogens with zero attached hydrogens (tertiary/aromatic N) is 1. The summed E-state index contributed by atoms with van der Waals surface area (Å²) in [6.07, 6.45) is 0.788. The number of carbonyl (C=O) groups is 2. The van der Waals surface area contributed by atoms with Crippen LogP contribution in [0.4, 0.5) is 0 Å². The van der Waals surface area contributed by atoms with Gasteiger partial charge in [0.1, 0.15) is 0 Å². The first kappa shape index (κ1) is 13.2. The average Bonchev–Trinajstić information content (AvgIpc) is 2.53. The van der Waals surface area contributed by atoms with E-state index >= 15 is 0 Å². The van der Waals surface area contributed by atoms with Gasteiger partial charge in [0, 0.05) is 11.0 Å². The standard InChI is InChI=1S/C13H14BrNO3/c1-8(16)3-2-6-15-12(17)10-5-4-9(14)7-11(10)13(15)18/h4-5,7-8,16H,2-3,6H2,1H3. The molecule has 1 unspecified atom stereocenters. The summed E-state index contributed by atoms with van der Waals surface area (Å²) in [7, 11) is 0. The molecule has 5 heteroatoms. The highest BCUT2D eigenvalue weighted by Gasteiger charge is 2.34. The Kier molecular flexibility index (Phi) is 3.82. The van der Waals surface area contributed by atoms with Crippen molar-refractivity contribution in [2.45, 2.75) is 25.9 Å². The van der Waals surface area contributed by atoms with Gasteiger partial charge >= 0.3 is 0 Å². The van der Waals surface area contributed by atoms with Gasteiger partial charge in [-0.2, -0.15) is 0 Å². The number of aliphatic hydroxyl groups excluding tert-OH is 1. The van der Waals surface area contributed by atoms with Gasteiger partial charge in [-0.1, -0.05) is 15.9 Å². The molecular weight excluding hydrogens is 298 g/mol. The monoisotopic (exact) mass is 311 g/mol. The maximum Gasteiger partial charge on any atom is 0.261 e. The Hall–Kier alpha value is -1.20. The van der Waals surface area contributed by atoms with Crippen LogP contribution in [0.2, 0.25) is 0 Å². The summed E-state index contributed by atoms with van der Waals surface area (Å²) in [5.74, 6) is -0.491. The second-order valence-corrected chi connectivity index (χ2v) is 5.36. The lowest BCUT2D eigenvalue weighted by molar-refractivity contribution is 0.0643. The van der Waals surface area contributed by atoms with Crippen LogP contribution in [-0.4, -0.2) is 34.5 Å². The Morgan fingerprint density at radius 1 is 1.28 bits per heavy atom. The van der Waals surface area contributed by atoms with Crippen molar-refractivity contribution in [2.75, 3.05) is 6.54 Å². The minimum Gasteiger partial charge on any atom is -0.393 e. The first-order chi connectivity index (χ1) is 8.50. The van der Waals surface area contributed by atoms with Gasteiger partial charge in [-0.25, -0.2) is 0 Å². The van der Waals surface area contributed by atoms with Crippen LogP contribution in [0, 0.1) is 0 Å². The Morgan fingerprint density at radius 2 is 1.94 bits per heavy atom. The fraction of sp³-hybridized carbons (Fsp3) is 0.385. The number of hydrogen-bond acceptors (Lipinski definition) is 3. The molecule has 1 atom stereocenters. The number of rotatable bonds is 4. The van der Waals surface area contributed by atoms with Crippen molar-refractivity contribution in [3.8, 4) is 0 Å². The van der Waals surface area contributed by atoms with E-state index in [-0.39, 0.29) is 11.8 Å². The molecule has 0 saturated carbocycles. The molecule has 0 aromatic heterocycles. The third-order valence-electron chi connectivity index (χ3n) is 2.94. The highest BCUT2D eigenvalue weighted by atomic mass is 79.9. The van der Waals surface area contributed by atoms with E-state index in [1.807, 2.05) is 0 Å². The predicted octanol–water partition coefficient (Wildman–Crippen LogP) is 2.21. The molecule has 1 aromatic rings. The maximum absolute atomic E-state index is 12.1. The van der Waals surface area contributed by atoms with Crippen molar-refractivity contribution in [1.82, 2.24) is 4.90 Å². The van der Waals surface area contributed by atoms with Gasteiger partial charge in [0.25, 0.3) is 11.8 Å². The van der Waals surface area contributed by atoms with Crippen molar-refractivity contribution in [2.24, 2.45) is 0 Å². The van der Waals surface area contributed by atoms with Crippen molar-refractivity contribution in [3.63, 3.8) is 0 Å². The Balaban J connectivity index is 2.13. The number of halogens is 1. The first-order valence-corrected chi connectivity index (χ1v) is 6.64. The molecule has 2 amide bonds. The van der Waals surface area contributed by atoms with Gasteiger partial charge in [-0.05, 0) is 38.0 Å². The van der Waals surface area contributed by atoms with Crippen LogP contribution in [0.3, 0.4) is 0 Å². The van der Waals surface area contributed by atoms with Crippen molar-refractivity contribution < 1.29 is 14.7 Å². The summed E-state index contributed by atoms with van der Waals surface area (Å²) in [6.45, 7) is 2.05. The van der Waals surface area contributed by atoms with E-state index in [1.165, 1.54) is 4.90 Å². The molecule has 0 aliphatic carbocycles. The van der Waals surface area contributed by atoms with E-state index in [0.29, 0.717) is 30.5 Å². The van der Waals surface area contributed by atoms with Gasteiger partial charge in [-0.3, -0.25) is 14.5 Å². The number of benzene rings is 1. The molecule has 0 radical (unpaired) electrons. The molecule has 2 rings (SSSR count).